The molecule has 0 amide bonds. The number of nitrogens with zero attached hydrogens (tertiary/aromatic N) is 4. The van der Waals surface area contributed by atoms with Crippen LogP contribution in [-0.2, 0) is 22.7 Å². The first-order valence-corrected chi connectivity index (χ1v) is 5.65. The molecule has 94 valence electrons. The smallest absolute Gasteiger partial charge is 0.311 e. The van der Waals surface area contributed by atoms with Gasteiger partial charge in [-0.05, 0) is 23.3 Å². The van der Waals surface area contributed by atoms with Gasteiger partial charge in [-0.1, -0.05) is 12.8 Å². The van der Waals surface area contributed by atoms with Crippen molar-refractivity contribution in [3.05, 3.63) is 5.82 Å². The highest BCUT2D eigenvalue weighted by molar-refractivity contribution is 5.74. The van der Waals surface area contributed by atoms with Crippen molar-refractivity contribution in [1.82, 2.24) is 20.2 Å². The summed E-state index contributed by atoms with van der Waals surface area (Å²) in [5.74, 6) is -0.186. The summed E-state index contributed by atoms with van der Waals surface area (Å²) < 4.78 is 6.52. The third-order valence-electron chi connectivity index (χ3n) is 3.35. The molecule has 0 aliphatic heterocycles. The molecule has 7 nitrogen and oxygen atoms in total. The first-order valence-electron chi connectivity index (χ1n) is 5.65. The molecule has 1 aromatic rings. The van der Waals surface area contributed by atoms with Crippen molar-refractivity contribution < 1.29 is 14.6 Å². The van der Waals surface area contributed by atoms with Crippen LogP contribution in [0.5, 0.6) is 0 Å². The van der Waals surface area contributed by atoms with Gasteiger partial charge in [0, 0.05) is 7.11 Å². The lowest BCUT2D eigenvalue weighted by Crippen LogP contribution is -2.33. The van der Waals surface area contributed by atoms with Crippen LogP contribution >= 0.6 is 0 Å². The van der Waals surface area contributed by atoms with E-state index in [4.69, 9.17) is 4.74 Å². The van der Waals surface area contributed by atoms with Gasteiger partial charge in [0.1, 0.15) is 6.61 Å². The van der Waals surface area contributed by atoms with Crippen molar-refractivity contribution in [3.8, 4) is 0 Å². The van der Waals surface area contributed by atoms with Gasteiger partial charge < -0.3 is 9.84 Å². The zero-order valence-corrected chi connectivity index (χ0v) is 9.80. The first kappa shape index (κ1) is 12.0. The Balaban J connectivity index is 2.17. The number of methoxy groups -OCH3 is 1. The maximum atomic E-state index is 11.4. The van der Waals surface area contributed by atoms with Crippen molar-refractivity contribution in [2.75, 3.05) is 7.11 Å². The number of ether oxygens (including phenoxy) is 1. The average molecular weight is 240 g/mol. The molecular weight excluding hydrogens is 224 g/mol. The van der Waals surface area contributed by atoms with Crippen LogP contribution in [0.4, 0.5) is 0 Å². The Morgan fingerprint density at radius 3 is 2.82 bits per heavy atom. The topological polar surface area (TPSA) is 90.1 Å². The second kappa shape index (κ2) is 4.79. The molecule has 1 N–H and O–H groups in total. The van der Waals surface area contributed by atoms with E-state index >= 15 is 0 Å². The van der Waals surface area contributed by atoms with E-state index in [9.17, 15) is 9.90 Å². The van der Waals surface area contributed by atoms with E-state index < -0.39 is 11.4 Å². The number of rotatable bonds is 5. The van der Waals surface area contributed by atoms with E-state index in [0.29, 0.717) is 31.8 Å². The Labute approximate surface area is 98.8 Å². The van der Waals surface area contributed by atoms with Crippen LogP contribution in [0, 0.1) is 5.41 Å². The van der Waals surface area contributed by atoms with E-state index in [2.05, 4.69) is 15.5 Å². The Morgan fingerprint density at radius 2 is 2.24 bits per heavy atom. The molecule has 17 heavy (non-hydrogen) atoms. The Bertz CT molecular complexity index is 398. The summed E-state index contributed by atoms with van der Waals surface area (Å²) in [5, 5.41) is 20.6. The monoisotopic (exact) mass is 240 g/mol. The number of carboxylic acids is 1. The third kappa shape index (κ3) is 2.28. The van der Waals surface area contributed by atoms with E-state index in [1.165, 1.54) is 0 Å². The normalized spacial score (nSPS) is 18.4. The zero-order valence-electron chi connectivity index (χ0n) is 9.80. The lowest BCUT2D eigenvalue weighted by molar-refractivity contribution is -0.149. The van der Waals surface area contributed by atoms with Crippen molar-refractivity contribution in [1.29, 1.82) is 0 Å². The molecule has 1 saturated carbocycles. The predicted molar refractivity (Wildman–Crippen MR) is 57.1 cm³/mol. The van der Waals surface area contributed by atoms with Gasteiger partial charge >= 0.3 is 5.97 Å². The van der Waals surface area contributed by atoms with Crippen molar-refractivity contribution in [3.63, 3.8) is 0 Å². The Hall–Kier alpha value is -1.50. The van der Waals surface area contributed by atoms with Gasteiger partial charge in [-0.2, -0.15) is 0 Å². The molecule has 0 bridgehead atoms. The number of hydrogen-bond donors (Lipinski definition) is 1. The summed E-state index contributed by atoms with van der Waals surface area (Å²) in [6.07, 6.45) is 3.28. The molecule has 0 aromatic carbocycles. The highest BCUT2D eigenvalue weighted by Gasteiger charge is 2.42. The molecule has 1 aliphatic rings. The molecule has 1 aliphatic carbocycles. The zero-order chi connectivity index (χ0) is 12.3. The summed E-state index contributed by atoms with van der Waals surface area (Å²) in [4.78, 5) is 11.4. The second-order valence-electron chi connectivity index (χ2n) is 4.48. The lowest BCUT2D eigenvalue weighted by atomic mass is 9.86. The number of carboxylic acid groups (broad SMARTS) is 1. The van der Waals surface area contributed by atoms with Crippen LogP contribution in [-0.4, -0.2) is 38.4 Å². The molecular formula is C10H16N4O3. The van der Waals surface area contributed by atoms with Crippen LogP contribution in [0.25, 0.3) is 0 Å². The van der Waals surface area contributed by atoms with Crippen LogP contribution in [0.3, 0.4) is 0 Å². The fourth-order valence-electron chi connectivity index (χ4n) is 2.36. The molecule has 0 saturated heterocycles. The van der Waals surface area contributed by atoms with Crippen molar-refractivity contribution >= 4 is 5.97 Å². The molecule has 0 unspecified atom stereocenters. The van der Waals surface area contributed by atoms with E-state index in [0.717, 1.165) is 12.8 Å². The standard InChI is InChI=1S/C10H16N4O3/c1-17-6-8-11-12-13-14(8)7-10(9(15)16)4-2-3-5-10/h2-7H2,1H3,(H,15,16). The quantitative estimate of drug-likeness (QED) is 0.804. The molecule has 1 aromatic heterocycles. The average Bonchev–Trinajstić information content (AvgIpc) is 2.91. The van der Waals surface area contributed by atoms with Gasteiger partial charge in [0.2, 0.25) is 0 Å². The van der Waals surface area contributed by atoms with E-state index in [-0.39, 0.29) is 0 Å². The van der Waals surface area contributed by atoms with E-state index in [1.807, 2.05) is 0 Å². The lowest BCUT2D eigenvalue weighted by Gasteiger charge is -2.23. The van der Waals surface area contributed by atoms with Gasteiger partial charge in [-0.3, -0.25) is 4.79 Å². The minimum Gasteiger partial charge on any atom is -0.481 e. The van der Waals surface area contributed by atoms with Gasteiger partial charge in [-0.15, -0.1) is 5.10 Å². The number of aromatic nitrogens is 4. The maximum absolute atomic E-state index is 11.4. The molecule has 1 heterocycles. The van der Waals surface area contributed by atoms with Gasteiger partial charge in [-0.25, -0.2) is 4.68 Å². The van der Waals surface area contributed by atoms with Gasteiger partial charge in [0.05, 0.1) is 12.0 Å². The summed E-state index contributed by atoms with van der Waals surface area (Å²) in [6.45, 7) is 0.622. The highest BCUT2D eigenvalue weighted by Crippen LogP contribution is 2.39. The summed E-state index contributed by atoms with van der Waals surface area (Å²) in [6, 6.07) is 0. The van der Waals surface area contributed by atoms with Crippen molar-refractivity contribution in [2.45, 2.75) is 38.8 Å². The largest absolute Gasteiger partial charge is 0.481 e. The minimum absolute atomic E-state index is 0.294. The summed E-state index contributed by atoms with van der Waals surface area (Å²) in [5.41, 5.74) is -0.710. The number of hydrogen-bond acceptors (Lipinski definition) is 5. The molecule has 2 rings (SSSR count). The van der Waals surface area contributed by atoms with Crippen LogP contribution in [0.15, 0.2) is 0 Å². The molecule has 0 radical (unpaired) electrons. The van der Waals surface area contributed by atoms with Gasteiger partial charge in [0.25, 0.3) is 0 Å². The molecule has 0 atom stereocenters. The van der Waals surface area contributed by atoms with E-state index in [1.54, 1.807) is 11.8 Å². The fourth-order valence-corrected chi connectivity index (χ4v) is 2.36. The molecule has 0 spiro atoms. The third-order valence-corrected chi connectivity index (χ3v) is 3.35. The molecule has 1 fully saturated rings. The van der Waals surface area contributed by atoms with Crippen LogP contribution < -0.4 is 0 Å². The van der Waals surface area contributed by atoms with Gasteiger partial charge in [0.15, 0.2) is 5.82 Å². The Morgan fingerprint density at radius 1 is 1.53 bits per heavy atom. The Kier molecular flexibility index (Phi) is 3.37. The molecule has 7 heteroatoms. The number of tetrazole rings is 1. The first-order chi connectivity index (χ1) is 8.18. The highest BCUT2D eigenvalue weighted by atomic mass is 16.5. The van der Waals surface area contributed by atoms with Crippen molar-refractivity contribution in [2.24, 2.45) is 5.41 Å². The maximum Gasteiger partial charge on any atom is 0.311 e. The SMILES string of the molecule is COCc1nnnn1CC1(C(=O)O)CCCC1. The number of carbonyl (C=O) groups is 1. The fraction of sp³-hybridized carbons (Fsp3) is 0.800. The predicted octanol–water partition coefficient (Wildman–Crippen LogP) is 0.464. The number of aliphatic carboxylic acids is 1. The summed E-state index contributed by atoms with van der Waals surface area (Å²) >= 11 is 0. The van der Waals surface area contributed by atoms with Crippen LogP contribution in [0.2, 0.25) is 0 Å². The van der Waals surface area contributed by atoms with Crippen LogP contribution in [0.1, 0.15) is 31.5 Å². The summed E-state index contributed by atoms with van der Waals surface area (Å²) in [7, 11) is 1.56. The minimum atomic E-state index is -0.756. The second-order valence-corrected chi connectivity index (χ2v) is 4.48.